The van der Waals surface area contributed by atoms with E-state index in [-0.39, 0.29) is 6.10 Å². The predicted octanol–water partition coefficient (Wildman–Crippen LogP) is 2.10. The standard InChI is InChI=1S/C15H19N3OS/c1-16-12(7-11-8-17-18(2)9-11)14-10-20-15-6-4-3-5-13(15)19-14/h3-6,8-9,12,14,16H,7,10H2,1-2H3. The second-order valence-electron chi connectivity index (χ2n) is 5.04. The summed E-state index contributed by atoms with van der Waals surface area (Å²) < 4.78 is 7.99. The van der Waals surface area contributed by atoms with E-state index < -0.39 is 0 Å². The molecular formula is C15H19N3OS. The molecule has 1 aromatic heterocycles. The SMILES string of the molecule is CNC(Cc1cnn(C)c1)C1CSc2ccccc2O1. The Bertz CT molecular complexity index is 584. The number of nitrogens with one attached hydrogen (secondary N) is 1. The highest BCUT2D eigenvalue weighted by Gasteiger charge is 2.27. The highest BCUT2D eigenvalue weighted by molar-refractivity contribution is 7.99. The fourth-order valence-corrected chi connectivity index (χ4v) is 3.56. The van der Waals surface area contributed by atoms with Crippen LogP contribution in [0.3, 0.4) is 0 Å². The Balaban J connectivity index is 1.71. The van der Waals surface area contributed by atoms with Gasteiger partial charge in [0.2, 0.25) is 0 Å². The molecule has 2 unspecified atom stereocenters. The second kappa shape index (κ2) is 5.89. The maximum absolute atomic E-state index is 6.15. The fraction of sp³-hybridized carbons (Fsp3) is 0.400. The van der Waals surface area contributed by atoms with Crippen LogP contribution >= 0.6 is 11.8 Å². The summed E-state index contributed by atoms with van der Waals surface area (Å²) in [4.78, 5) is 1.24. The van der Waals surface area contributed by atoms with E-state index in [1.54, 1.807) is 0 Å². The van der Waals surface area contributed by atoms with E-state index in [1.165, 1.54) is 10.5 Å². The smallest absolute Gasteiger partial charge is 0.133 e. The lowest BCUT2D eigenvalue weighted by molar-refractivity contribution is 0.169. The first-order valence-electron chi connectivity index (χ1n) is 6.79. The molecule has 2 aromatic rings. The number of hydrogen-bond acceptors (Lipinski definition) is 4. The summed E-state index contributed by atoms with van der Waals surface area (Å²) in [6, 6.07) is 8.54. The number of aryl methyl sites for hydroxylation is 1. The molecule has 0 aliphatic carbocycles. The van der Waals surface area contributed by atoms with Gasteiger partial charge in [-0.05, 0) is 31.2 Å². The minimum Gasteiger partial charge on any atom is -0.487 e. The number of ether oxygens (including phenoxy) is 1. The predicted molar refractivity (Wildman–Crippen MR) is 81.3 cm³/mol. The van der Waals surface area contributed by atoms with Crippen molar-refractivity contribution in [2.75, 3.05) is 12.8 Å². The van der Waals surface area contributed by atoms with Crippen molar-refractivity contribution in [2.24, 2.45) is 7.05 Å². The third kappa shape index (κ3) is 2.83. The molecule has 1 N–H and O–H groups in total. The lowest BCUT2D eigenvalue weighted by Crippen LogP contribution is -2.45. The Morgan fingerprint density at radius 3 is 3.10 bits per heavy atom. The van der Waals surface area contributed by atoms with Crippen LogP contribution in [0.5, 0.6) is 5.75 Å². The van der Waals surface area contributed by atoms with Crippen LogP contribution in [0.1, 0.15) is 5.56 Å². The van der Waals surface area contributed by atoms with Crippen molar-refractivity contribution in [2.45, 2.75) is 23.5 Å². The third-order valence-electron chi connectivity index (χ3n) is 3.56. The number of thioether (sulfide) groups is 1. The average Bonchev–Trinajstić information content (AvgIpc) is 2.89. The molecule has 106 valence electrons. The minimum absolute atomic E-state index is 0.181. The number of fused-ring (bicyclic) bond motifs is 1. The molecule has 0 bridgehead atoms. The third-order valence-corrected chi connectivity index (χ3v) is 4.71. The van der Waals surface area contributed by atoms with Gasteiger partial charge in [-0.1, -0.05) is 12.1 Å². The van der Waals surface area contributed by atoms with E-state index in [1.807, 2.05) is 48.9 Å². The fourth-order valence-electron chi connectivity index (χ4n) is 2.48. The number of rotatable bonds is 4. The van der Waals surface area contributed by atoms with Gasteiger partial charge in [0.1, 0.15) is 11.9 Å². The highest BCUT2D eigenvalue weighted by atomic mass is 32.2. The Morgan fingerprint density at radius 2 is 2.35 bits per heavy atom. The van der Waals surface area contributed by atoms with Crippen molar-refractivity contribution in [1.82, 2.24) is 15.1 Å². The molecule has 0 saturated carbocycles. The first-order valence-corrected chi connectivity index (χ1v) is 7.78. The topological polar surface area (TPSA) is 39.1 Å². The van der Waals surface area contributed by atoms with Crippen LogP contribution in [0.2, 0.25) is 0 Å². The van der Waals surface area contributed by atoms with Gasteiger partial charge in [0.15, 0.2) is 0 Å². The van der Waals surface area contributed by atoms with Gasteiger partial charge in [0, 0.05) is 29.9 Å². The van der Waals surface area contributed by atoms with Crippen LogP contribution in [-0.2, 0) is 13.5 Å². The number of aromatic nitrogens is 2. The molecule has 1 aliphatic rings. The van der Waals surface area contributed by atoms with Crippen molar-refractivity contribution in [1.29, 1.82) is 0 Å². The van der Waals surface area contributed by atoms with Gasteiger partial charge in [-0.2, -0.15) is 5.10 Å². The summed E-state index contributed by atoms with van der Waals surface area (Å²) in [5.41, 5.74) is 1.24. The molecule has 0 amide bonds. The van der Waals surface area contributed by atoms with E-state index in [0.717, 1.165) is 17.9 Å². The molecule has 2 atom stereocenters. The Kier molecular flexibility index (Phi) is 3.98. The number of benzene rings is 1. The molecule has 3 rings (SSSR count). The molecular weight excluding hydrogens is 270 g/mol. The van der Waals surface area contributed by atoms with E-state index in [2.05, 4.69) is 28.7 Å². The first kappa shape index (κ1) is 13.5. The molecule has 0 spiro atoms. The molecule has 0 fully saturated rings. The van der Waals surface area contributed by atoms with Crippen LogP contribution in [-0.4, -0.2) is 34.7 Å². The summed E-state index contributed by atoms with van der Waals surface area (Å²) in [6.45, 7) is 0. The molecule has 1 aliphatic heterocycles. The molecule has 2 heterocycles. The van der Waals surface area contributed by atoms with Crippen LogP contribution in [0, 0.1) is 0 Å². The van der Waals surface area contributed by atoms with Gasteiger partial charge in [-0.3, -0.25) is 4.68 Å². The van der Waals surface area contributed by atoms with E-state index >= 15 is 0 Å². The normalized spacial score (nSPS) is 19.2. The lowest BCUT2D eigenvalue weighted by Gasteiger charge is -2.31. The van der Waals surface area contributed by atoms with Crippen LogP contribution in [0.4, 0.5) is 0 Å². The second-order valence-corrected chi connectivity index (χ2v) is 6.10. The zero-order chi connectivity index (χ0) is 13.9. The lowest BCUT2D eigenvalue weighted by atomic mass is 10.0. The monoisotopic (exact) mass is 289 g/mol. The van der Waals surface area contributed by atoms with Crippen LogP contribution in [0.15, 0.2) is 41.6 Å². The van der Waals surface area contributed by atoms with Crippen LogP contribution < -0.4 is 10.1 Å². The summed E-state index contributed by atoms with van der Waals surface area (Å²) in [5, 5.41) is 7.61. The maximum atomic E-state index is 6.15. The van der Waals surface area contributed by atoms with Crippen LogP contribution in [0.25, 0.3) is 0 Å². The van der Waals surface area contributed by atoms with Crippen molar-refractivity contribution in [3.63, 3.8) is 0 Å². The average molecular weight is 289 g/mol. The molecule has 0 saturated heterocycles. The number of likely N-dealkylation sites (N-methyl/N-ethyl adjacent to an activating group) is 1. The van der Waals surface area contributed by atoms with Gasteiger partial charge in [0.05, 0.1) is 6.20 Å². The van der Waals surface area contributed by atoms with Crippen molar-refractivity contribution < 1.29 is 4.74 Å². The zero-order valence-electron chi connectivity index (χ0n) is 11.7. The molecule has 0 radical (unpaired) electrons. The molecule has 5 heteroatoms. The van der Waals surface area contributed by atoms with Crippen molar-refractivity contribution in [3.05, 3.63) is 42.2 Å². The van der Waals surface area contributed by atoms with Crippen molar-refractivity contribution in [3.8, 4) is 5.75 Å². The Morgan fingerprint density at radius 1 is 1.50 bits per heavy atom. The largest absolute Gasteiger partial charge is 0.487 e. The number of hydrogen-bond donors (Lipinski definition) is 1. The van der Waals surface area contributed by atoms with E-state index in [4.69, 9.17) is 4.74 Å². The Labute approximate surface area is 123 Å². The Hall–Kier alpha value is -1.46. The summed E-state index contributed by atoms with van der Waals surface area (Å²) in [6.07, 6.45) is 5.10. The maximum Gasteiger partial charge on any atom is 0.133 e. The van der Waals surface area contributed by atoms with Gasteiger partial charge in [-0.25, -0.2) is 0 Å². The quantitative estimate of drug-likeness (QED) is 0.935. The molecule has 20 heavy (non-hydrogen) atoms. The van der Waals surface area contributed by atoms with Gasteiger partial charge < -0.3 is 10.1 Å². The van der Waals surface area contributed by atoms with Crippen molar-refractivity contribution >= 4 is 11.8 Å². The van der Waals surface area contributed by atoms with E-state index in [0.29, 0.717) is 6.04 Å². The molecule has 4 nitrogen and oxygen atoms in total. The number of nitrogens with zero attached hydrogens (tertiary/aromatic N) is 2. The number of para-hydroxylation sites is 1. The van der Waals surface area contributed by atoms with Gasteiger partial charge in [0.25, 0.3) is 0 Å². The summed E-state index contributed by atoms with van der Waals surface area (Å²) >= 11 is 1.87. The summed E-state index contributed by atoms with van der Waals surface area (Å²) in [7, 11) is 3.94. The molecule has 1 aromatic carbocycles. The first-order chi connectivity index (χ1) is 9.76. The summed E-state index contributed by atoms with van der Waals surface area (Å²) in [5.74, 6) is 1.98. The minimum atomic E-state index is 0.181. The van der Waals surface area contributed by atoms with Gasteiger partial charge in [-0.15, -0.1) is 11.8 Å². The van der Waals surface area contributed by atoms with Gasteiger partial charge >= 0.3 is 0 Å². The van der Waals surface area contributed by atoms with E-state index in [9.17, 15) is 0 Å². The zero-order valence-corrected chi connectivity index (χ0v) is 12.6. The highest BCUT2D eigenvalue weighted by Crippen LogP contribution is 2.35.